The van der Waals surface area contributed by atoms with Crippen molar-refractivity contribution in [1.29, 1.82) is 0 Å². The molecule has 0 aromatic heterocycles. The van der Waals surface area contributed by atoms with E-state index in [1.807, 2.05) is 6.92 Å². The summed E-state index contributed by atoms with van der Waals surface area (Å²) in [6.07, 6.45) is 2.13. The minimum atomic E-state index is -0.184. The Kier molecular flexibility index (Phi) is 5.14. The molecule has 1 heterocycles. The van der Waals surface area contributed by atoms with E-state index >= 15 is 0 Å². The first kappa shape index (κ1) is 15.0. The van der Waals surface area contributed by atoms with E-state index in [2.05, 4.69) is 24.5 Å². The molecule has 0 aromatic rings. The van der Waals surface area contributed by atoms with Crippen molar-refractivity contribution in [2.45, 2.75) is 39.7 Å². The van der Waals surface area contributed by atoms with E-state index < -0.39 is 0 Å². The molecule has 18 heavy (non-hydrogen) atoms. The molecule has 1 fully saturated rings. The lowest BCUT2D eigenvalue weighted by Crippen LogP contribution is -2.57. The lowest BCUT2D eigenvalue weighted by molar-refractivity contribution is -0.140. The molecule has 0 spiro atoms. The molecule has 1 saturated heterocycles. The Balaban J connectivity index is 2.73. The zero-order valence-electron chi connectivity index (χ0n) is 11.9. The van der Waals surface area contributed by atoms with Crippen LogP contribution in [-0.4, -0.2) is 49.4 Å². The minimum absolute atomic E-state index is 0.0331. The van der Waals surface area contributed by atoms with Crippen molar-refractivity contribution in [2.75, 3.05) is 26.7 Å². The number of hydrogen-bond acceptors (Lipinski definition) is 3. The van der Waals surface area contributed by atoms with E-state index in [4.69, 9.17) is 0 Å². The molecule has 2 amide bonds. The number of nitrogens with zero attached hydrogens (tertiary/aromatic N) is 1. The molecule has 1 rings (SSSR count). The van der Waals surface area contributed by atoms with Gasteiger partial charge in [0.05, 0.1) is 12.6 Å². The van der Waals surface area contributed by atoms with Gasteiger partial charge in [-0.2, -0.15) is 0 Å². The smallest absolute Gasteiger partial charge is 0.240 e. The lowest BCUT2D eigenvalue weighted by atomic mass is 9.77. The topological polar surface area (TPSA) is 61.4 Å². The highest BCUT2D eigenvalue weighted by Crippen LogP contribution is 2.31. The largest absolute Gasteiger partial charge is 0.358 e. The van der Waals surface area contributed by atoms with Crippen LogP contribution in [0.25, 0.3) is 0 Å². The van der Waals surface area contributed by atoms with Crippen molar-refractivity contribution in [3.63, 3.8) is 0 Å². The Morgan fingerprint density at radius 1 is 1.44 bits per heavy atom. The second-order valence-corrected chi connectivity index (χ2v) is 5.50. The molecule has 5 nitrogen and oxygen atoms in total. The van der Waals surface area contributed by atoms with Crippen molar-refractivity contribution in [3.8, 4) is 0 Å². The van der Waals surface area contributed by atoms with Gasteiger partial charge < -0.3 is 15.5 Å². The molecular weight excluding hydrogens is 230 g/mol. The maximum absolute atomic E-state index is 12.5. The third kappa shape index (κ3) is 3.45. The highest BCUT2D eigenvalue weighted by atomic mass is 16.2. The van der Waals surface area contributed by atoms with Crippen LogP contribution in [0.2, 0.25) is 0 Å². The molecule has 0 aromatic carbocycles. The van der Waals surface area contributed by atoms with Crippen LogP contribution >= 0.6 is 0 Å². The Labute approximate surface area is 109 Å². The van der Waals surface area contributed by atoms with Gasteiger partial charge in [0.2, 0.25) is 11.8 Å². The molecule has 1 atom stereocenters. The SMILES string of the molecule is CCN(CC(=O)NC)C(=O)C1NCCCC1(C)C. The summed E-state index contributed by atoms with van der Waals surface area (Å²) in [4.78, 5) is 25.5. The van der Waals surface area contributed by atoms with Crippen molar-refractivity contribution < 1.29 is 9.59 Å². The molecule has 104 valence electrons. The fourth-order valence-corrected chi connectivity index (χ4v) is 2.41. The lowest BCUT2D eigenvalue weighted by Gasteiger charge is -2.40. The van der Waals surface area contributed by atoms with Crippen LogP contribution in [-0.2, 0) is 9.59 Å². The monoisotopic (exact) mass is 255 g/mol. The summed E-state index contributed by atoms with van der Waals surface area (Å²) < 4.78 is 0. The van der Waals surface area contributed by atoms with E-state index in [9.17, 15) is 9.59 Å². The van der Waals surface area contributed by atoms with Gasteiger partial charge in [-0.25, -0.2) is 0 Å². The van der Waals surface area contributed by atoms with Gasteiger partial charge in [-0.1, -0.05) is 13.8 Å². The molecule has 0 aliphatic carbocycles. The molecule has 2 N–H and O–H groups in total. The molecule has 1 aliphatic heterocycles. The van der Waals surface area contributed by atoms with E-state index in [0.29, 0.717) is 6.54 Å². The molecule has 0 radical (unpaired) electrons. The van der Waals surface area contributed by atoms with E-state index in [-0.39, 0.29) is 29.8 Å². The van der Waals surface area contributed by atoms with Crippen molar-refractivity contribution in [1.82, 2.24) is 15.5 Å². The van der Waals surface area contributed by atoms with Crippen LogP contribution in [0.15, 0.2) is 0 Å². The van der Waals surface area contributed by atoms with Gasteiger partial charge >= 0.3 is 0 Å². The molecule has 1 unspecified atom stereocenters. The van der Waals surface area contributed by atoms with Crippen LogP contribution < -0.4 is 10.6 Å². The van der Waals surface area contributed by atoms with Gasteiger partial charge in [-0.3, -0.25) is 9.59 Å². The maximum Gasteiger partial charge on any atom is 0.240 e. The summed E-state index contributed by atoms with van der Waals surface area (Å²) in [5.41, 5.74) is -0.0502. The second kappa shape index (κ2) is 6.18. The summed E-state index contributed by atoms with van der Waals surface area (Å²) in [6, 6.07) is -0.184. The first-order chi connectivity index (χ1) is 8.42. The van der Waals surface area contributed by atoms with Crippen molar-refractivity contribution >= 4 is 11.8 Å². The van der Waals surface area contributed by atoms with Crippen LogP contribution in [0.4, 0.5) is 0 Å². The fraction of sp³-hybridized carbons (Fsp3) is 0.846. The van der Waals surface area contributed by atoms with Crippen molar-refractivity contribution in [3.05, 3.63) is 0 Å². The Morgan fingerprint density at radius 3 is 2.61 bits per heavy atom. The quantitative estimate of drug-likeness (QED) is 0.762. The zero-order chi connectivity index (χ0) is 13.8. The van der Waals surface area contributed by atoms with E-state index in [0.717, 1.165) is 19.4 Å². The molecule has 5 heteroatoms. The first-order valence-corrected chi connectivity index (χ1v) is 6.65. The summed E-state index contributed by atoms with van der Waals surface area (Å²) in [5, 5.41) is 5.85. The van der Waals surface area contributed by atoms with Gasteiger partial charge in [0.15, 0.2) is 0 Å². The van der Waals surface area contributed by atoms with Gasteiger partial charge in [0.25, 0.3) is 0 Å². The average Bonchev–Trinajstić information content (AvgIpc) is 2.34. The van der Waals surface area contributed by atoms with Crippen LogP contribution in [0.5, 0.6) is 0 Å². The molecule has 1 aliphatic rings. The molecular formula is C13H25N3O2. The minimum Gasteiger partial charge on any atom is -0.358 e. The van der Waals surface area contributed by atoms with E-state index in [1.165, 1.54) is 0 Å². The number of likely N-dealkylation sites (N-methyl/N-ethyl adjacent to an activating group) is 2. The highest BCUT2D eigenvalue weighted by molar-refractivity contribution is 5.88. The number of nitrogens with one attached hydrogen (secondary N) is 2. The predicted octanol–water partition coefficient (Wildman–Crippen LogP) is 0.359. The van der Waals surface area contributed by atoms with Gasteiger partial charge in [0.1, 0.15) is 0 Å². The summed E-state index contributed by atoms with van der Waals surface area (Å²) in [6.45, 7) is 7.68. The zero-order valence-corrected chi connectivity index (χ0v) is 11.9. The van der Waals surface area contributed by atoms with Crippen molar-refractivity contribution in [2.24, 2.45) is 5.41 Å². The number of rotatable bonds is 4. The van der Waals surface area contributed by atoms with Gasteiger partial charge in [-0.05, 0) is 31.7 Å². The summed E-state index contributed by atoms with van der Waals surface area (Å²) >= 11 is 0. The first-order valence-electron chi connectivity index (χ1n) is 6.65. The molecule has 0 saturated carbocycles. The number of amides is 2. The fourth-order valence-electron chi connectivity index (χ4n) is 2.41. The van der Waals surface area contributed by atoms with Crippen LogP contribution in [0, 0.1) is 5.41 Å². The number of hydrogen-bond donors (Lipinski definition) is 2. The molecule has 0 bridgehead atoms. The van der Waals surface area contributed by atoms with Crippen LogP contribution in [0.3, 0.4) is 0 Å². The normalized spacial score (nSPS) is 22.3. The van der Waals surface area contributed by atoms with Gasteiger partial charge in [0, 0.05) is 13.6 Å². The number of carbonyl (C=O) groups excluding carboxylic acids is 2. The number of carbonyl (C=O) groups is 2. The average molecular weight is 255 g/mol. The second-order valence-electron chi connectivity index (χ2n) is 5.50. The third-order valence-corrected chi connectivity index (χ3v) is 3.68. The Hall–Kier alpha value is -1.10. The van der Waals surface area contributed by atoms with Gasteiger partial charge in [-0.15, -0.1) is 0 Å². The highest BCUT2D eigenvalue weighted by Gasteiger charge is 2.39. The Morgan fingerprint density at radius 2 is 2.11 bits per heavy atom. The maximum atomic E-state index is 12.5. The summed E-state index contributed by atoms with van der Waals surface area (Å²) in [5.74, 6) is -0.0929. The van der Waals surface area contributed by atoms with E-state index in [1.54, 1.807) is 11.9 Å². The van der Waals surface area contributed by atoms with Crippen LogP contribution in [0.1, 0.15) is 33.6 Å². The summed E-state index contributed by atoms with van der Waals surface area (Å²) in [7, 11) is 1.59. The third-order valence-electron chi connectivity index (χ3n) is 3.68. The number of piperidine rings is 1. The predicted molar refractivity (Wildman–Crippen MR) is 71.1 cm³/mol. The Bertz CT molecular complexity index is 315. The standard InChI is InChI=1S/C13H25N3O2/c1-5-16(9-10(17)14-4)12(18)11-13(2,3)7-6-8-15-11/h11,15H,5-9H2,1-4H3,(H,14,17).